The van der Waals surface area contributed by atoms with E-state index in [4.69, 9.17) is 9.47 Å². The summed E-state index contributed by atoms with van der Waals surface area (Å²) in [5.74, 6) is 1.32. The van der Waals surface area contributed by atoms with E-state index in [9.17, 15) is 4.79 Å². The molecule has 0 saturated carbocycles. The van der Waals surface area contributed by atoms with Crippen molar-refractivity contribution in [1.82, 2.24) is 10.2 Å². The van der Waals surface area contributed by atoms with Crippen LogP contribution in [0.3, 0.4) is 0 Å². The maximum absolute atomic E-state index is 12.0. The third-order valence-electron chi connectivity index (χ3n) is 4.12. The Morgan fingerprint density at radius 3 is 2.39 bits per heavy atom. The number of para-hydroxylation sites is 2. The number of esters is 1. The van der Waals surface area contributed by atoms with Gasteiger partial charge in [-0.2, -0.15) is 0 Å². The molecule has 1 aromatic carbocycles. The van der Waals surface area contributed by atoms with E-state index in [-0.39, 0.29) is 36.5 Å². The molecule has 1 N–H and O–H groups in total. The minimum Gasteiger partial charge on any atom is -0.495 e. The molecule has 2 rings (SSSR count). The van der Waals surface area contributed by atoms with Gasteiger partial charge in [0.1, 0.15) is 17.9 Å². The number of methoxy groups -OCH3 is 1. The Bertz CT molecular complexity index is 653. The molecule has 0 unspecified atom stereocenters. The zero-order chi connectivity index (χ0) is 19.9. The van der Waals surface area contributed by atoms with Crippen molar-refractivity contribution in [1.29, 1.82) is 0 Å². The number of rotatable bonds is 5. The predicted octanol–water partition coefficient (Wildman–Crippen LogP) is 2.74. The average Bonchev–Trinajstić information content (AvgIpc) is 2.64. The van der Waals surface area contributed by atoms with Gasteiger partial charge in [0.25, 0.3) is 0 Å². The fraction of sp³-hybridized carbons (Fsp3) is 0.600. The van der Waals surface area contributed by atoms with E-state index in [1.807, 2.05) is 45.9 Å². The second-order valence-electron chi connectivity index (χ2n) is 7.40. The molecule has 8 heteroatoms. The van der Waals surface area contributed by atoms with E-state index in [1.54, 1.807) is 7.11 Å². The molecular formula is C20H33IN4O3. The first-order chi connectivity index (χ1) is 12.8. The number of aliphatic imine (C=N–C) groups is 1. The molecule has 0 amide bonds. The molecule has 0 radical (unpaired) electrons. The van der Waals surface area contributed by atoms with E-state index in [2.05, 4.69) is 26.2 Å². The smallest absolute Gasteiger partial charge is 0.328 e. The summed E-state index contributed by atoms with van der Waals surface area (Å²) in [6.07, 6.45) is 0. The maximum atomic E-state index is 12.0. The van der Waals surface area contributed by atoms with E-state index >= 15 is 0 Å². The lowest BCUT2D eigenvalue weighted by molar-refractivity contribution is -0.152. The molecular weight excluding hydrogens is 471 g/mol. The number of hydrogen-bond acceptors (Lipinski definition) is 5. The zero-order valence-corrected chi connectivity index (χ0v) is 19.9. The molecule has 0 spiro atoms. The van der Waals surface area contributed by atoms with Crippen molar-refractivity contribution in [3.8, 4) is 5.75 Å². The van der Waals surface area contributed by atoms with Crippen LogP contribution >= 0.6 is 24.0 Å². The topological polar surface area (TPSA) is 66.4 Å². The molecule has 158 valence electrons. The number of nitrogens with zero attached hydrogens (tertiary/aromatic N) is 3. The number of carbonyl (C=O) groups is 1. The Labute approximate surface area is 185 Å². The maximum Gasteiger partial charge on any atom is 0.328 e. The highest BCUT2D eigenvalue weighted by molar-refractivity contribution is 14.0. The third kappa shape index (κ3) is 7.37. The first kappa shape index (κ1) is 24.3. The number of halogens is 1. The minimum atomic E-state index is -0.495. The molecule has 1 aromatic rings. The lowest BCUT2D eigenvalue weighted by atomic mass is 10.2. The largest absolute Gasteiger partial charge is 0.495 e. The van der Waals surface area contributed by atoms with E-state index in [0.29, 0.717) is 0 Å². The van der Waals surface area contributed by atoms with Crippen LogP contribution in [-0.4, -0.2) is 68.8 Å². The lowest BCUT2D eigenvalue weighted by Gasteiger charge is -2.38. The number of benzene rings is 1. The monoisotopic (exact) mass is 504 g/mol. The van der Waals surface area contributed by atoms with Gasteiger partial charge in [-0.25, -0.2) is 4.99 Å². The van der Waals surface area contributed by atoms with Crippen molar-refractivity contribution in [2.24, 2.45) is 4.99 Å². The van der Waals surface area contributed by atoms with Gasteiger partial charge < -0.3 is 24.6 Å². The molecule has 1 saturated heterocycles. The van der Waals surface area contributed by atoms with Gasteiger partial charge in [-0.05, 0) is 39.8 Å². The summed E-state index contributed by atoms with van der Waals surface area (Å²) < 4.78 is 10.8. The number of carbonyl (C=O) groups excluding carboxylic acids is 1. The van der Waals surface area contributed by atoms with E-state index in [1.165, 1.54) is 0 Å². The molecule has 1 aliphatic rings. The summed E-state index contributed by atoms with van der Waals surface area (Å²) in [5.41, 5.74) is 0.612. The summed E-state index contributed by atoms with van der Waals surface area (Å²) in [6, 6.07) is 8.06. The van der Waals surface area contributed by atoms with Gasteiger partial charge in [0.15, 0.2) is 5.96 Å². The van der Waals surface area contributed by atoms with Crippen LogP contribution in [0.2, 0.25) is 0 Å². The highest BCUT2D eigenvalue weighted by atomic mass is 127. The van der Waals surface area contributed by atoms with Crippen molar-refractivity contribution in [3.63, 3.8) is 0 Å². The average molecular weight is 504 g/mol. The second-order valence-corrected chi connectivity index (χ2v) is 7.40. The zero-order valence-electron chi connectivity index (χ0n) is 17.5. The van der Waals surface area contributed by atoms with E-state index in [0.717, 1.165) is 50.1 Å². The molecule has 0 aliphatic carbocycles. The molecule has 0 aromatic heterocycles. The number of nitrogens with one attached hydrogen (secondary N) is 1. The lowest BCUT2D eigenvalue weighted by Crippen LogP contribution is -2.52. The number of guanidine groups is 1. The summed E-state index contributed by atoms with van der Waals surface area (Å²) in [5, 5.41) is 3.27. The number of piperazine rings is 1. The molecule has 1 fully saturated rings. The van der Waals surface area contributed by atoms with Gasteiger partial charge in [-0.1, -0.05) is 12.1 Å². The van der Waals surface area contributed by atoms with Gasteiger partial charge in [0.2, 0.25) is 0 Å². The van der Waals surface area contributed by atoms with Crippen molar-refractivity contribution in [2.75, 3.05) is 51.3 Å². The fourth-order valence-electron chi connectivity index (χ4n) is 2.99. The van der Waals surface area contributed by atoms with Gasteiger partial charge >= 0.3 is 5.97 Å². The van der Waals surface area contributed by atoms with Crippen LogP contribution in [0, 0.1) is 0 Å². The third-order valence-corrected chi connectivity index (χ3v) is 4.12. The Kier molecular flexibility index (Phi) is 9.84. The first-order valence-electron chi connectivity index (χ1n) is 9.47. The van der Waals surface area contributed by atoms with Crippen LogP contribution in [0.25, 0.3) is 0 Å². The van der Waals surface area contributed by atoms with Crippen LogP contribution in [0.15, 0.2) is 29.3 Å². The van der Waals surface area contributed by atoms with Crippen molar-refractivity contribution >= 4 is 41.6 Å². The first-order valence-corrected chi connectivity index (χ1v) is 9.47. The van der Waals surface area contributed by atoms with Crippen LogP contribution < -0.4 is 15.0 Å². The molecule has 0 bridgehead atoms. The number of hydrogen-bond donors (Lipinski definition) is 1. The molecule has 1 aliphatic heterocycles. The molecule has 1 heterocycles. The van der Waals surface area contributed by atoms with Gasteiger partial charge in [0, 0.05) is 32.7 Å². The molecule has 7 nitrogen and oxygen atoms in total. The summed E-state index contributed by atoms with van der Waals surface area (Å²) in [7, 11) is 1.70. The van der Waals surface area contributed by atoms with Crippen LogP contribution in [0.4, 0.5) is 5.69 Å². The highest BCUT2D eigenvalue weighted by Crippen LogP contribution is 2.28. The van der Waals surface area contributed by atoms with Crippen LogP contribution in [-0.2, 0) is 9.53 Å². The Balaban J connectivity index is 0.00000392. The second kappa shape index (κ2) is 11.3. The fourth-order valence-corrected chi connectivity index (χ4v) is 2.99. The minimum absolute atomic E-state index is 0. The Morgan fingerprint density at radius 2 is 1.82 bits per heavy atom. The number of anilines is 1. The van der Waals surface area contributed by atoms with Gasteiger partial charge in [-0.3, -0.25) is 4.79 Å². The normalized spacial score (nSPS) is 15.0. The molecule has 0 atom stereocenters. The summed E-state index contributed by atoms with van der Waals surface area (Å²) in [4.78, 5) is 20.9. The van der Waals surface area contributed by atoms with E-state index < -0.39 is 5.60 Å². The highest BCUT2D eigenvalue weighted by Gasteiger charge is 2.22. The standard InChI is InChI=1S/C20H32N4O3.HI/c1-6-21-19(22-15-18(25)27-20(2,3)4)24-13-11-23(12-14-24)16-9-7-8-10-17(16)26-5;/h7-10H,6,11-15H2,1-5H3,(H,21,22);1H. The quantitative estimate of drug-likeness (QED) is 0.288. The van der Waals surface area contributed by atoms with Crippen LogP contribution in [0.1, 0.15) is 27.7 Å². The number of ether oxygens (including phenoxy) is 2. The Hall–Kier alpha value is -1.71. The molecule has 28 heavy (non-hydrogen) atoms. The van der Waals surface area contributed by atoms with Crippen molar-refractivity contribution in [3.05, 3.63) is 24.3 Å². The van der Waals surface area contributed by atoms with Crippen molar-refractivity contribution < 1.29 is 14.3 Å². The van der Waals surface area contributed by atoms with Gasteiger partial charge in [0.05, 0.1) is 12.8 Å². The predicted molar refractivity (Wildman–Crippen MR) is 124 cm³/mol. The summed E-state index contributed by atoms with van der Waals surface area (Å²) in [6.45, 7) is 11.7. The SMILES string of the molecule is CCNC(=NCC(=O)OC(C)(C)C)N1CCN(c2ccccc2OC)CC1.I. The summed E-state index contributed by atoms with van der Waals surface area (Å²) >= 11 is 0. The van der Waals surface area contributed by atoms with Crippen LogP contribution in [0.5, 0.6) is 5.75 Å². The van der Waals surface area contributed by atoms with Gasteiger partial charge in [-0.15, -0.1) is 24.0 Å². The van der Waals surface area contributed by atoms with Crippen molar-refractivity contribution in [2.45, 2.75) is 33.3 Å². The Morgan fingerprint density at radius 1 is 1.18 bits per heavy atom.